The molecule has 512 valence electrons. The van der Waals surface area contributed by atoms with Gasteiger partial charge in [-0.15, -0.1) is 0 Å². The minimum absolute atomic E-state index is 0.0228. The summed E-state index contributed by atoms with van der Waals surface area (Å²) in [6, 6.07) is -0.625. The molecule has 0 saturated carbocycles. The molecule has 0 aliphatic heterocycles. The van der Waals surface area contributed by atoms with Crippen LogP contribution in [-0.2, 0) is 14.3 Å². The minimum Gasteiger partial charge on any atom is -0.466 e. The van der Waals surface area contributed by atoms with Crippen molar-refractivity contribution in [2.75, 3.05) is 13.2 Å². The Kier molecular flexibility index (Phi) is 74.8. The zero-order chi connectivity index (χ0) is 62.0. The van der Waals surface area contributed by atoms with E-state index in [1.54, 1.807) is 6.08 Å². The molecule has 0 rings (SSSR count). The average Bonchev–Trinajstić information content (AvgIpc) is 3.59. The number of aliphatic hydroxyl groups is 2. The van der Waals surface area contributed by atoms with Gasteiger partial charge in [-0.2, -0.15) is 0 Å². The fourth-order valence-electron chi connectivity index (χ4n) is 13.0. The second-order valence-electron chi connectivity index (χ2n) is 27.8. The number of hydrogen-bond donors (Lipinski definition) is 3. The largest absolute Gasteiger partial charge is 0.466 e. The van der Waals surface area contributed by atoms with Gasteiger partial charge in [0.25, 0.3) is 0 Å². The summed E-state index contributed by atoms with van der Waals surface area (Å²) in [5.74, 6) is -0.0347. The van der Waals surface area contributed by atoms with Crippen LogP contribution >= 0.6 is 0 Å². The Balaban J connectivity index is 3.35. The third-order valence-corrected chi connectivity index (χ3v) is 19.1. The number of carbonyl (C=O) groups excluding carboxylic acids is 2. The molecule has 0 aliphatic carbocycles. The van der Waals surface area contributed by atoms with Crippen LogP contribution in [0, 0.1) is 0 Å². The summed E-state index contributed by atoms with van der Waals surface area (Å²) in [6.07, 6.45) is 96.3. The Morgan fingerprint density at radius 3 is 0.791 bits per heavy atom. The van der Waals surface area contributed by atoms with Gasteiger partial charge < -0.3 is 20.3 Å². The third kappa shape index (κ3) is 71.7. The maximum absolute atomic E-state index is 12.6. The van der Waals surface area contributed by atoms with Gasteiger partial charge in [0, 0.05) is 12.8 Å². The van der Waals surface area contributed by atoms with E-state index in [2.05, 4.69) is 19.2 Å². The molecule has 3 N–H and O–H groups in total. The zero-order valence-corrected chi connectivity index (χ0v) is 58.8. The summed E-state index contributed by atoms with van der Waals surface area (Å²) in [6.45, 7) is 4.96. The molecule has 6 heteroatoms. The number of carbonyl (C=O) groups is 2. The van der Waals surface area contributed by atoms with E-state index < -0.39 is 12.1 Å². The fourth-order valence-corrected chi connectivity index (χ4v) is 13.0. The average molecular weight is 1210 g/mol. The first-order valence-electron chi connectivity index (χ1n) is 40.0. The molecule has 1 amide bonds. The van der Waals surface area contributed by atoms with Gasteiger partial charge in [0.2, 0.25) is 5.91 Å². The van der Waals surface area contributed by atoms with E-state index >= 15 is 0 Å². The SMILES string of the molecule is CCCCCCCCCCCCCCCCCCCCCCCCC/C=C/C(O)C(CO)NC(=O)CCCCCCCCCCCCCCCCCCCCCCCCCCCCCCCCCCOC(=O)CCCCCCCCCCCCCC. The Morgan fingerprint density at radius 2 is 0.535 bits per heavy atom. The summed E-state index contributed by atoms with van der Waals surface area (Å²) in [7, 11) is 0. The molecular weight excluding hydrogens is 1050 g/mol. The highest BCUT2D eigenvalue weighted by Gasteiger charge is 2.18. The lowest BCUT2D eigenvalue weighted by Crippen LogP contribution is -2.45. The molecule has 0 radical (unpaired) electrons. The normalized spacial score (nSPS) is 12.5. The van der Waals surface area contributed by atoms with Crippen LogP contribution in [-0.4, -0.2) is 47.4 Å². The van der Waals surface area contributed by atoms with Crippen molar-refractivity contribution < 1.29 is 24.5 Å². The van der Waals surface area contributed by atoms with Crippen molar-refractivity contribution in [3.8, 4) is 0 Å². The molecule has 0 saturated heterocycles. The Hall–Kier alpha value is -1.40. The van der Waals surface area contributed by atoms with Crippen molar-refractivity contribution in [3.63, 3.8) is 0 Å². The highest BCUT2D eigenvalue weighted by Crippen LogP contribution is 2.20. The van der Waals surface area contributed by atoms with Crippen LogP contribution in [0.15, 0.2) is 12.2 Å². The van der Waals surface area contributed by atoms with Gasteiger partial charge in [-0.25, -0.2) is 0 Å². The minimum atomic E-state index is -0.842. The van der Waals surface area contributed by atoms with Crippen molar-refractivity contribution in [3.05, 3.63) is 12.2 Å². The predicted molar refractivity (Wildman–Crippen MR) is 380 cm³/mol. The lowest BCUT2D eigenvalue weighted by Gasteiger charge is -2.20. The summed E-state index contributed by atoms with van der Waals surface area (Å²) in [5.41, 5.74) is 0. The van der Waals surface area contributed by atoms with Gasteiger partial charge in [-0.05, 0) is 32.1 Å². The van der Waals surface area contributed by atoms with Crippen molar-refractivity contribution in [1.29, 1.82) is 0 Å². The van der Waals surface area contributed by atoms with Crippen molar-refractivity contribution in [2.45, 2.75) is 475 Å². The summed E-state index contributed by atoms with van der Waals surface area (Å²) >= 11 is 0. The van der Waals surface area contributed by atoms with Gasteiger partial charge >= 0.3 is 5.97 Å². The maximum Gasteiger partial charge on any atom is 0.305 e. The second-order valence-corrected chi connectivity index (χ2v) is 27.8. The highest BCUT2D eigenvalue weighted by atomic mass is 16.5. The maximum atomic E-state index is 12.6. The van der Waals surface area contributed by atoms with Crippen LogP contribution in [0.25, 0.3) is 0 Å². The van der Waals surface area contributed by atoms with Crippen molar-refractivity contribution in [1.82, 2.24) is 5.32 Å². The van der Waals surface area contributed by atoms with E-state index in [4.69, 9.17) is 4.74 Å². The molecule has 0 aliphatic rings. The number of unbranched alkanes of at least 4 members (excludes halogenated alkanes) is 65. The second kappa shape index (κ2) is 76.1. The van der Waals surface area contributed by atoms with Crippen LogP contribution in [0.4, 0.5) is 0 Å². The number of esters is 1. The third-order valence-electron chi connectivity index (χ3n) is 19.1. The number of ether oxygens (including phenoxy) is 1. The van der Waals surface area contributed by atoms with E-state index in [9.17, 15) is 19.8 Å². The molecule has 0 fully saturated rings. The zero-order valence-electron chi connectivity index (χ0n) is 58.8. The molecule has 86 heavy (non-hydrogen) atoms. The van der Waals surface area contributed by atoms with E-state index in [-0.39, 0.29) is 18.5 Å². The first-order chi connectivity index (χ1) is 42.5. The standard InChI is InChI=1S/C80H157NO5/c1-3-5-7-9-11-13-15-17-18-19-20-21-22-31-34-37-40-43-46-49-52-56-60-64-68-72-78(83)77(76-82)81-79(84)73-69-65-61-57-53-50-47-44-41-38-35-32-29-27-25-23-24-26-28-30-33-36-39-42-45-48-51-55-59-63-67-71-75-86-80(85)74-70-66-62-58-54-16-14-12-10-8-6-4-2/h68,72,77-78,82-83H,3-67,69-71,73-76H2,1-2H3,(H,81,84)/b72-68+. The lowest BCUT2D eigenvalue weighted by molar-refractivity contribution is -0.143. The molecule has 0 bridgehead atoms. The first kappa shape index (κ1) is 84.6. The molecule has 0 heterocycles. The Morgan fingerprint density at radius 1 is 0.314 bits per heavy atom. The summed E-state index contributed by atoms with van der Waals surface area (Å²) in [5, 5.41) is 23.3. The van der Waals surface area contributed by atoms with E-state index in [0.29, 0.717) is 19.4 Å². The highest BCUT2D eigenvalue weighted by molar-refractivity contribution is 5.76. The van der Waals surface area contributed by atoms with Crippen LogP contribution in [0.2, 0.25) is 0 Å². The monoisotopic (exact) mass is 1210 g/mol. The molecule has 0 aromatic heterocycles. The Labute approximate surface area is 539 Å². The van der Waals surface area contributed by atoms with E-state index in [0.717, 1.165) is 38.5 Å². The first-order valence-corrected chi connectivity index (χ1v) is 40.0. The smallest absolute Gasteiger partial charge is 0.305 e. The topological polar surface area (TPSA) is 95.9 Å². The summed E-state index contributed by atoms with van der Waals surface area (Å²) in [4.78, 5) is 24.6. The van der Waals surface area contributed by atoms with E-state index in [1.807, 2.05) is 6.08 Å². The van der Waals surface area contributed by atoms with Crippen LogP contribution in [0.3, 0.4) is 0 Å². The van der Waals surface area contributed by atoms with Gasteiger partial charge in [0.15, 0.2) is 0 Å². The van der Waals surface area contributed by atoms with Crippen LogP contribution < -0.4 is 5.32 Å². The van der Waals surface area contributed by atoms with Crippen LogP contribution in [0.5, 0.6) is 0 Å². The quantitative estimate of drug-likeness (QED) is 0.0320. The lowest BCUT2D eigenvalue weighted by atomic mass is 10.0. The number of allylic oxidation sites excluding steroid dienone is 1. The fraction of sp³-hybridized carbons (Fsp3) is 0.950. The predicted octanol–water partition coefficient (Wildman–Crippen LogP) is 26.3. The van der Waals surface area contributed by atoms with Gasteiger partial charge in [0.05, 0.1) is 25.4 Å². The van der Waals surface area contributed by atoms with Crippen LogP contribution in [0.1, 0.15) is 463 Å². The summed E-state index contributed by atoms with van der Waals surface area (Å²) < 4.78 is 5.49. The molecular formula is C80H157NO5. The number of rotatable bonds is 76. The number of hydrogen-bond acceptors (Lipinski definition) is 5. The van der Waals surface area contributed by atoms with Gasteiger partial charge in [-0.1, -0.05) is 431 Å². The molecule has 0 aromatic carbocycles. The molecule has 0 spiro atoms. The van der Waals surface area contributed by atoms with Gasteiger partial charge in [0.1, 0.15) is 0 Å². The van der Waals surface area contributed by atoms with Crippen molar-refractivity contribution >= 4 is 11.9 Å². The molecule has 6 nitrogen and oxygen atoms in total. The number of nitrogens with one attached hydrogen (secondary N) is 1. The molecule has 2 unspecified atom stereocenters. The molecule has 2 atom stereocenters. The number of amides is 1. The van der Waals surface area contributed by atoms with Crippen molar-refractivity contribution in [2.24, 2.45) is 0 Å². The Bertz CT molecular complexity index is 1300. The number of aliphatic hydroxyl groups excluding tert-OH is 2. The molecule has 0 aromatic rings. The van der Waals surface area contributed by atoms with Gasteiger partial charge in [-0.3, -0.25) is 9.59 Å². The van der Waals surface area contributed by atoms with E-state index in [1.165, 1.54) is 398 Å².